The van der Waals surface area contributed by atoms with Gasteiger partial charge in [0.1, 0.15) is 11.5 Å². The number of furan rings is 1. The predicted octanol–water partition coefficient (Wildman–Crippen LogP) is 2.22. The molecular weight excluding hydrogens is 250 g/mol. The van der Waals surface area contributed by atoms with Gasteiger partial charge in [-0.25, -0.2) is 0 Å². The molecule has 2 rings (SSSR count). The number of likely N-dealkylation sites (N-methyl/N-ethyl adjacent to an activating group) is 1. The lowest BCUT2D eigenvalue weighted by Gasteiger charge is -2.19. The van der Waals surface area contributed by atoms with Gasteiger partial charge in [0, 0.05) is 25.2 Å². The van der Waals surface area contributed by atoms with Crippen molar-refractivity contribution in [3.8, 4) is 0 Å². The molecule has 0 radical (unpaired) electrons. The Bertz CT molecular complexity index is 425. The summed E-state index contributed by atoms with van der Waals surface area (Å²) < 4.78 is 6.00. The van der Waals surface area contributed by atoms with E-state index in [1.807, 2.05) is 0 Å². The molecule has 1 aliphatic rings. The predicted molar refractivity (Wildman–Crippen MR) is 82.8 cm³/mol. The summed E-state index contributed by atoms with van der Waals surface area (Å²) >= 11 is 0. The SMILES string of the molecule is Cc1cc(CN2CCC(N(C)C)C2)oc1CNC(C)C. The lowest BCUT2D eigenvalue weighted by molar-refractivity contribution is 0.249. The van der Waals surface area contributed by atoms with Gasteiger partial charge in [-0.15, -0.1) is 0 Å². The van der Waals surface area contributed by atoms with Gasteiger partial charge in [-0.05, 0) is 39.1 Å². The lowest BCUT2D eigenvalue weighted by atomic mass is 10.2. The summed E-state index contributed by atoms with van der Waals surface area (Å²) in [4.78, 5) is 4.81. The second kappa shape index (κ2) is 6.74. The Morgan fingerprint density at radius 2 is 2.20 bits per heavy atom. The molecule has 1 atom stereocenters. The molecule has 0 aliphatic carbocycles. The van der Waals surface area contributed by atoms with E-state index in [0.717, 1.165) is 31.2 Å². The zero-order valence-corrected chi connectivity index (χ0v) is 13.6. The van der Waals surface area contributed by atoms with Crippen molar-refractivity contribution in [1.82, 2.24) is 15.1 Å². The highest BCUT2D eigenvalue weighted by Crippen LogP contribution is 2.20. The van der Waals surface area contributed by atoms with Crippen LogP contribution in [0.2, 0.25) is 0 Å². The van der Waals surface area contributed by atoms with Crippen molar-refractivity contribution < 1.29 is 4.42 Å². The van der Waals surface area contributed by atoms with E-state index in [1.54, 1.807) is 0 Å². The molecule has 1 aromatic rings. The molecule has 0 saturated carbocycles. The van der Waals surface area contributed by atoms with Gasteiger partial charge in [-0.2, -0.15) is 0 Å². The molecule has 0 bridgehead atoms. The van der Waals surface area contributed by atoms with Crippen molar-refractivity contribution in [2.45, 2.75) is 52.4 Å². The maximum absolute atomic E-state index is 6.00. The first kappa shape index (κ1) is 15.5. The van der Waals surface area contributed by atoms with E-state index in [0.29, 0.717) is 12.1 Å². The highest BCUT2D eigenvalue weighted by atomic mass is 16.3. The molecule has 1 aliphatic heterocycles. The van der Waals surface area contributed by atoms with Gasteiger partial charge in [0.25, 0.3) is 0 Å². The fourth-order valence-corrected chi connectivity index (χ4v) is 2.74. The van der Waals surface area contributed by atoms with Crippen LogP contribution < -0.4 is 5.32 Å². The summed E-state index contributed by atoms with van der Waals surface area (Å²) in [6.45, 7) is 10.5. The van der Waals surface area contributed by atoms with Crippen LogP contribution >= 0.6 is 0 Å². The molecule has 20 heavy (non-hydrogen) atoms. The van der Waals surface area contributed by atoms with Crippen LogP contribution in [0.1, 0.15) is 37.4 Å². The maximum Gasteiger partial charge on any atom is 0.120 e. The molecule has 1 fully saturated rings. The van der Waals surface area contributed by atoms with Gasteiger partial charge >= 0.3 is 0 Å². The van der Waals surface area contributed by atoms with Gasteiger partial charge in [-0.1, -0.05) is 13.8 Å². The number of hydrogen-bond donors (Lipinski definition) is 1. The molecule has 114 valence electrons. The first-order valence-corrected chi connectivity index (χ1v) is 7.66. The standard InChI is InChI=1S/C16H29N3O/c1-12(2)17-9-16-13(3)8-15(20-16)11-19-7-6-14(10-19)18(4)5/h8,12,14,17H,6-7,9-11H2,1-5H3. The van der Waals surface area contributed by atoms with E-state index < -0.39 is 0 Å². The second-order valence-corrected chi connectivity index (χ2v) is 6.50. The number of nitrogens with one attached hydrogen (secondary N) is 1. The first-order chi connectivity index (χ1) is 9.45. The lowest BCUT2D eigenvalue weighted by Crippen LogP contribution is -2.31. The molecule has 1 unspecified atom stereocenters. The minimum absolute atomic E-state index is 0.488. The molecule has 2 heterocycles. The third kappa shape index (κ3) is 4.08. The Morgan fingerprint density at radius 1 is 1.45 bits per heavy atom. The monoisotopic (exact) mass is 279 g/mol. The van der Waals surface area contributed by atoms with Crippen LogP contribution in [-0.4, -0.2) is 49.1 Å². The molecular formula is C16H29N3O. The van der Waals surface area contributed by atoms with E-state index in [2.05, 4.69) is 56.0 Å². The van der Waals surface area contributed by atoms with Gasteiger partial charge in [0.05, 0.1) is 13.1 Å². The Kier molecular flexibility index (Phi) is 5.24. The third-order valence-electron chi connectivity index (χ3n) is 4.10. The number of hydrogen-bond acceptors (Lipinski definition) is 4. The Labute approximate surface area is 123 Å². The molecule has 4 heteroatoms. The van der Waals surface area contributed by atoms with Crippen molar-refractivity contribution in [2.75, 3.05) is 27.2 Å². The van der Waals surface area contributed by atoms with E-state index in [4.69, 9.17) is 4.42 Å². The Morgan fingerprint density at radius 3 is 2.80 bits per heavy atom. The summed E-state index contributed by atoms with van der Waals surface area (Å²) in [6.07, 6.45) is 1.26. The fraction of sp³-hybridized carbons (Fsp3) is 0.750. The first-order valence-electron chi connectivity index (χ1n) is 7.66. The molecule has 0 amide bonds. The van der Waals surface area contributed by atoms with Crippen LogP contribution in [0.5, 0.6) is 0 Å². The number of aryl methyl sites for hydroxylation is 1. The van der Waals surface area contributed by atoms with E-state index in [1.165, 1.54) is 18.5 Å². The fourth-order valence-electron chi connectivity index (χ4n) is 2.74. The highest BCUT2D eigenvalue weighted by molar-refractivity contribution is 5.20. The normalized spacial score (nSPS) is 20.4. The number of likely N-dealkylation sites (tertiary alicyclic amines) is 1. The number of nitrogens with zero attached hydrogens (tertiary/aromatic N) is 2. The molecule has 4 nitrogen and oxygen atoms in total. The highest BCUT2D eigenvalue weighted by Gasteiger charge is 2.24. The zero-order valence-electron chi connectivity index (χ0n) is 13.6. The smallest absolute Gasteiger partial charge is 0.120 e. The van der Waals surface area contributed by atoms with Crippen molar-refractivity contribution in [2.24, 2.45) is 0 Å². The van der Waals surface area contributed by atoms with Crippen LogP contribution in [0, 0.1) is 6.92 Å². The van der Waals surface area contributed by atoms with E-state index in [-0.39, 0.29) is 0 Å². The average Bonchev–Trinajstić information content (AvgIpc) is 2.94. The Balaban J connectivity index is 1.89. The van der Waals surface area contributed by atoms with Gasteiger partial charge in [0.2, 0.25) is 0 Å². The van der Waals surface area contributed by atoms with Crippen LogP contribution in [0.25, 0.3) is 0 Å². The second-order valence-electron chi connectivity index (χ2n) is 6.50. The Hall–Kier alpha value is -0.840. The van der Waals surface area contributed by atoms with Crippen molar-refractivity contribution >= 4 is 0 Å². The largest absolute Gasteiger partial charge is 0.463 e. The van der Waals surface area contributed by atoms with Gasteiger partial charge < -0.3 is 14.6 Å². The maximum atomic E-state index is 6.00. The third-order valence-corrected chi connectivity index (χ3v) is 4.10. The van der Waals surface area contributed by atoms with Crippen molar-refractivity contribution in [1.29, 1.82) is 0 Å². The molecule has 0 spiro atoms. The minimum atomic E-state index is 0.488. The van der Waals surface area contributed by atoms with Crippen LogP contribution in [0.4, 0.5) is 0 Å². The summed E-state index contributed by atoms with van der Waals surface area (Å²) in [6, 6.07) is 3.37. The van der Waals surface area contributed by atoms with Crippen LogP contribution in [0.3, 0.4) is 0 Å². The van der Waals surface area contributed by atoms with Crippen LogP contribution in [-0.2, 0) is 13.1 Å². The van der Waals surface area contributed by atoms with E-state index in [9.17, 15) is 0 Å². The van der Waals surface area contributed by atoms with Gasteiger partial charge in [-0.3, -0.25) is 4.90 Å². The van der Waals surface area contributed by atoms with E-state index >= 15 is 0 Å². The van der Waals surface area contributed by atoms with Crippen molar-refractivity contribution in [3.05, 3.63) is 23.2 Å². The molecule has 1 saturated heterocycles. The molecule has 0 aromatic carbocycles. The van der Waals surface area contributed by atoms with Crippen LogP contribution in [0.15, 0.2) is 10.5 Å². The van der Waals surface area contributed by atoms with Crippen molar-refractivity contribution in [3.63, 3.8) is 0 Å². The molecule has 1 N–H and O–H groups in total. The molecule has 1 aromatic heterocycles. The zero-order chi connectivity index (χ0) is 14.7. The van der Waals surface area contributed by atoms with Gasteiger partial charge in [0.15, 0.2) is 0 Å². The summed E-state index contributed by atoms with van der Waals surface area (Å²) in [5.41, 5.74) is 1.26. The minimum Gasteiger partial charge on any atom is -0.463 e. The summed E-state index contributed by atoms with van der Waals surface area (Å²) in [5, 5.41) is 3.42. The number of rotatable bonds is 6. The average molecular weight is 279 g/mol. The summed E-state index contributed by atoms with van der Waals surface area (Å²) in [5.74, 6) is 2.18. The topological polar surface area (TPSA) is 31.6 Å². The quantitative estimate of drug-likeness (QED) is 0.865. The summed E-state index contributed by atoms with van der Waals surface area (Å²) in [7, 11) is 4.34.